The van der Waals surface area contributed by atoms with Crippen molar-refractivity contribution in [2.45, 2.75) is 13.8 Å². The number of aryl methyl sites for hydroxylation is 1. The molecule has 0 saturated carbocycles. The Labute approximate surface area is 90.7 Å². The molecule has 1 rings (SSSR count). The van der Waals surface area contributed by atoms with Gasteiger partial charge in [0, 0.05) is 5.56 Å². The van der Waals surface area contributed by atoms with Crippen LogP contribution in [0.4, 0.5) is 0 Å². The van der Waals surface area contributed by atoms with Gasteiger partial charge in [-0.3, -0.25) is 10.1 Å². The summed E-state index contributed by atoms with van der Waals surface area (Å²) < 4.78 is 0. The third-order valence-corrected chi connectivity index (χ3v) is 2.42. The second kappa shape index (κ2) is 5.33. The van der Waals surface area contributed by atoms with E-state index in [0.29, 0.717) is 13.1 Å². The first kappa shape index (κ1) is 11.5. The molecule has 2 nitrogen and oxygen atoms in total. The lowest BCUT2D eigenvalue weighted by molar-refractivity contribution is 0.0992. The average molecular weight is 201 g/mol. The molecule has 0 fully saturated rings. The Morgan fingerprint density at radius 1 is 1.47 bits per heavy atom. The van der Waals surface area contributed by atoms with Gasteiger partial charge >= 0.3 is 0 Å². The summed E-state index contributed by atoms with van der Waals surface area (Å²) in [7, 11) is 0. The number of nitrogens with one attached hydrogen (secondary N) is 1. The van der Waals surface area contributed by atoms with E-state index in [-0.39, 0.29) is 5.78 Å². The zero-order valence-electron chi connectivity index (χ0n) is 9.13. The Morgan fingerprint density at radius 3 is 2.87 bits per heavy atom. The molecule has 0 aliphatic rings. The molecular weight excluding hydrogens is 186 g/mol. The summed E-state index contributed by atoms with van der Waals surface area (Å²) in [6, 6.07) is 5.75. The lowest BCUT2D eigenvalue weighted by atomic mass is 10.0. The number of benzene rings is 1. The third kappa shape index (κ3) is 2.93. The van der Waals surface area contributed by atoms with Crippen LogP contribution in [0.3, 0.4) is 0 Å². The predicted octanol–water partition coefficient (Wildman–Crippen LogP) is 1.71. The lowest BCUT2D eigenvalue weighted by Crippen LogP contribution is -2.23. The predicted molar refractivity (Wildman–Crippen MR) is 61.9 cm³/mol. The van der Waals surface area contributed by atoms with Gasteiger partial charge in [-0.15, -0.1) is 6.42 Å². The molecule has 0 aromatic heterocycles. The molecule has 0 radical (unpaired) electrons. The fraction of sp³-hybridized carbons (Fsp3) is 0.308. The summed E-state index contributed by atoms with van der Waals surface area (Å²) in [5.41, 5.74) is 2.96. The molecule has 0 aliphatic heterocycles. The van der Waals surface area contributed by atoms with Gasteiger partial charge in [0.1, 0.15) is 0 Å². The molecule has 0 saturated heterocycles. The van der Waals surface area contributed by atoms with Crippen LogP contribution in [0.15, 0.2) is 18.2 Å². The van der Waals surface area contributed by atoms with Crippen molar-refractivity contribution in [3.63, 3.8) is 0 Å². The highest BCUT2D eigenvalue weighted by Gasteiger charge is 2.08. The fourth-order valence-electron chi connectivity index (χ4n) is 1.40. The molecule has 0 bridgehead atoms. The number of hydrogen-bond donors (Lipinski definition) is 1. The maximum Gasteiger partial charge on any atom is 0.176 e. The van der Waals surface area contributed by atoms with Crippen molar-refractivity contribution in [2.75, 3.05) is 13.1 Å². The van der Waals surface area contributed by atoms with Crippen LogP contribution in [0.5, 0.6) is 0 Å². The van der Waals surface area contributed by atoms with Crippen LogP contribution >= 0.6 is 0 Å². The highest BCUT2D eigenvalue weighted by molar-refractivity contribution is 5.99. The lowest BCUT2D eigenvalue weighted by Gasteiger charge is -2.07. The van der Waals surface area contributed by atoms with Gasteiger partial charge in [0.15, 0.2) is 5.78 Å². The van der Waals surface area contributed by atoms with E-state index in [1.165, 1.54) is 0 Å². The monoisotopic (exact) mass is 201 g/mol. The highest BCUT2D eigenvalue weighted by Crippen LogP contribution is 2.12. The first-order valence-electron chi connectivity index (χ1n) is 4.90. The minimum Gasteiger partial charge on any atom is -0.299 e. The molecule has 0 aliphatic carbocycles. The van der Waals surface area contributed by atoms with Crippen LogP contribution in [0, 0.1) is 26.2 Å². The van der Waals surface area contributed by atoms with Crippen molar-refractivity contribution in [1.82, 2.24) is 5.32 Å². The highest BCUT2D eigenvalue weighted by atomic mass is 16.1. The van der Waals surface area contributed by atoms with Gasteiger partial charge in [-0.2, -0.15) is 0 Å². The van der Waals surface area contributed by atoms with E-state index < -0.39 is 0 Å². The van der Waals surface area contributed by atoms with Gasteiger partial charge in [0.25, 0.3) is 0 Å². The van der Waals surface area contributed by atoms with Crippen molar-refractivity contribution in [1.29, 1.82) is 0 Å². The second-order valence-corrected chi connectivity index (χ2v) is 3.48. The van der Waals surface area contributed by atoms with Crippen molar-refractivity contribution in [3.8, 4) is 12.3 Å². The van der Waals surface area contributed by atoms with Crippen LogP contribution in [0.2, 0.25) is 0 Å². The number of rotatable bonds is 4. The summed E-state index contributed by atoms with van der Waals surface area (Å²) in [4.78, 5) is 11.8. The maximum absolute atomic E-state index is 11.8. The molecule has 78 valence electrons. The number of carbonyl (C=O) groups excluding carboxylic acids is 1. The van der Waals surface area contributed by atoms with Crippen LogP contribution in [-0.4, -0.2) is 18.9 Å². The van der Waals surface area contributed by atoms with Crippen LogP contribution in [0.1, 0.15) is 21.5 Å². The first-order valence-corrected chi connectivity index (χ1v) is 4.90. The van der Waals surface area contributed by atoms with E-state index >= 15 is 0 Å². The summed E-state index contributed by atoms with van der Waals surface area (Å²) in [6.07, 6.45) is 5.08. The van der Waals surface area contributed by atoms with Gasteiger partial charge in [0.05, 0.1) is 13.1 Å². The Balaban J connectivity index is 2.75. The minimum atomic E-state index is 0.0893. The van der Waals surface area contributed by atoms with Crippen molar-refractivity contribution in [2.24, 2.45) is 0 Å². The van der Waals surface area contributed by atoms with Gasteiger partial charge in [0.2, 0.25) is 0 Å². The smallest absolute Gasteiger partial charge is 0.176 e. The Kier molecular flexibility index (Phi) is 4.08. The van der Waals surface area contributed by atoms with Gasteiger partial charge < -0.3 is 0 Å². The summed E-state index contributed by atoms with van der Waals surface area (Å²) >= 11 is 0. The summed E-state index contributed by atoms with van der Waals surface area (Å²) in [6.45, 7) is 4.69. The van der Waals surface area contributed by atoms with Crippen molar-refractivity contribution >= 4 is 5.78 Å². The zero-order chi connectivity index (χ0) is 11.3. The molecule has 0 amide bonds. The standard InChI is InChI=1S/C13H15NO/c1-4-8-14-9-13(15)12-7-5-6-10(2)11(12)3/h1,5-7,14H,8-9H2,2-3H3. The SMILES string of the molecule is C#CCNCC(=O)c1cccc(C)c1C. The number of Topliss-reactive ketones (excluding diaryl/α,β-unsaturated/α-hetero) is 1. The summed E-state index contributed by atoms with van der Waals surface area (Å²) in [5, 5.41) is 2.89. The molecule has 15 heavy (non-hydrogen) atoms. The Morgan fingerprint density at radius 2 is 2.20 bits per heavy atom. The third-order valence-electron chi connectivity index (χ3n) is 2.42. The zero-order valence-corrected chi connectivity index (χ0v) is 9.13. The first-order chi connectivity index (χ1) is 7.16. The van der Waals surface area contributed by atoms with E-state index in [4.69, 9.17) is 6.42 Å². The van der Waals surface area contributed by atoms with Gasteiger partial charge in [-0.25, -0.2) is 0 Å². The molecule has 0 atom stereocenters. The molecule has 1 aromatic rings. The average Bonchev–Trinajstić information content (AvgIpc) is 2.22. The van der Waals surface area contributed by atoms with E-state index in [1.54, 1.807) is 0 Å². The van der Waals surface area contributed by atoms with Crippen LogP contribution in [0.25, 0.3) is 0 Å². The topological polar surface area (TPSA) is 29.1 Å². The quantitative estimate of drug-likeness (QED) is 0.456. The molecule has 0 unspecified atom stereocenters. The fourth-order valence-corrected chi connectivity index (χ4v) is 1.40. The number of ketones is 1. The second-order valence-electron chi connectivity index (χ2n) is 3.48. The molecule has 0 heterocycles. The molecule has 2 heteroatoms. The van der Waals surface area contributed by atoms with Crippen LogP contribution < -0.4 is 5.32 Å². The number of hydrogen-bond acceptors (Lipinski definition) is 2. The Hall–Kier alpha value is -1.59. The van der Waals surface area contributed by atoms with Crippen molar-refractivity contribution < 1.29 is 4.79 Å². The maximum atomic E-state index is 11.8. The molecule has 1 aromatic carbocycles. The van der Waals surface area contributed by atoms with Gasteiger partial charge in [-0.1, -0.05) is 24.1 Å². The molecular formula is C13H15NO. The number of terminal acetylenes is 1. The number of carbonyl (C=O) groups is 1. The Bertz CT molecular complexity index is 401. The molecule has 1 N–H and O–H groups in total. The normalized spacial score (nSPS) is 9.67. The largest absolute Gasteiger partial charge is 0.299 e. The summed E-state index contributed by atoms with van der Waals surface area (Å²) in [5.74, 6) is 2.53. The van der Waals surface area contributed by atoms with E-state index in [0.717, 1.165) is 16.7 Å². The van der Waals surface area contributed by atoms with E-state index in [9.17, 15) is 4.79 Å². The van der Waals surface area contributed by atoms with Gasteiger partial charge in [-0.05, 0) is 25.0 Å². The van der Waals surface area contributed by atoms with E-state index in [1.807, 2.05) is 32.0 Å². The van der Waals surface area contributed by atoms with Crippen LogP contribution in [-0.2, 0) is 0 Å². The van der Waals surface area contributed by atoms with Crippen molar-refractivity contribution in [3.05, 3.63) is 34.9 Å². The molecule has 0 spiro atoms. The minimum absolute atomic E-state index is 0.0893. The van der Waals surface area contributed by atoms with E-state index in [2.05, 4.69) is 11.2 Å².